The number of nitrogens with zero attached hydrogens (tertiary/aromatic N) is 1. The Balaban J connectivity index is 4.25. The molecule has 0 spiro atoms. The lowest BCUT2D eigenvalue weighted by atomic mass is 10.2. The van der Waals surface area contributed by atoms with Crippen molar-refractivity contribution >= 4 is 5.97 Å². The molecule has 90 valence electrons. The van der Waals surface area contributed by atoms with Gasteiger partial charge in [-0.1, -0.05) is 0 Å². The Labute approximate surface area is 93.8 Å². The summed E-state index contributed by atoms with van der Waals surface area (Å²) in [6.07, 6.45) is 0. The molecule has 0 aliphatic carbocycles. The second-order valence-corrected chi connectivity index (χ2v) is 5.45. The third kappa shape index (κ3) is 6.50. The van der Waals surface area contributed by atoms with Crippen LogP contribution in [0.2, 0.25) is 0 Å². The van der Waals surface area contributed by atoms with E-state index in [0.717, 1.165) is 0 Å². The number of rotatable bonds is 4. The van der Waals surface area contributed by atoms with Crippen molar-refractivity contribution in [3.63, 3.8) is 0 Å². The van der Waals surface area contributed by atoms with Crippen LogP contribution in [-0.2, 0) is 9.53 Å². The van der Waals surface area contributed by atoms with Crippen molar-refractivity contribution in [1.82, 2.24) is 4.90 Å². The van der Waals surface area contributed by atoms with Gasteiger partial charge < -0.3 is 4.74 Å². The molecule has 0 aromatic heterocycles. The number of esters is 1. The van der Waals surface area contributed by atoms with Gasteiger partial charge in [-0.05, 0) is 48.5 Å². The molecule has 0 bridgehead atoms. The Morgan fingerprint density at radius 1 is 1.13 bits per heavy atom. The largest absolute Gasteiger partial charge is 0.459 e. The van der Waals surface area contributed by atoms with Crippen molar-refractivity contribution in [2.75, 3.05) is 6.54 Å². The Kier molecular flexibility index (Phi) is 5.29. The van der Waals surface area contributed by atoms with Gasteiger partial charge >= 0.3 is 5.97 Å². The summed E-state index contributed by atoms with van der Waals surface area (Å²) in [5.41, 5.74) is -0.392. The highest BCUT2D eigenvalue weighted by Crippen LogP contribution is 2.10. The van der Waals surface area contributed by atoms with E-state index < -0.39 is 5.60 Å². The predicted octanol–water partition coefficient (Wildman–Crippen LogP) is 2.45. The van der Waals surface area contributed by atoms with E-state index in [9.17, 15) is 4.79 Å². The van der Waals surface area contributed by atoms with Gasteiger partial charge in [0.05, 0.1) is 6.54 Å². The van der Waals surface area contributed by atoms with E-state index in [2.05, 4.69) is 32.6 Å². The Hall–Kier alpha value is -0.570. The monoisotopic (exact) mass is 215 g/mol. The molecule has 3 heteroatoms. The Bertz CT molecular complexity index is 196. The zero-order valence-electron chi connectivity index (χ0n) is 11.1. The van der Waals surface area contributed by atoms with E-state index in [1.54, 1.807) is 0 Å². The molecule has 0 N–H and O–H groups in total. The lowest BCUT2D eigenvalue weighted by Crippen LogP contribution is -2.42. The molecule has 0 aromatic rings. The van der Waals surface area contributed by atoms with Gasteiger partial charge in [-0.25, -0.2) is 0 Å². The van der Waals surface area contributed by atoms with Crippen molar-refractivity contribution in [3.8, 4) is 0 Å². The number of hydrogen-bond donors (Lipinski definition) is 0. The number of carbonyl (C=O) groups is 1. The van der Waals surface area contributed by atoms with Crippen molar-refractivity contribution in [2.45, 2.75) is 66.2 Å². The summed E-state index contributed by atoms with van der Waals surface area (Å²) < 4.78 is 5.29. The van der Waals surface area contributed by atoms with Gasteiger partial charge in [0, 0.05) is 12.1 Å². The van der Waals surface area contributed by atoms with E-state index in [0.29, 0.717) is 18.6 Å². The summed E-state index contributed by atoms with van der Waals surface area (Å²) in [5, 5.41) is 0. The second kappa shape index (κ2) is 5.50. The third-order valence-electron chi connectivity index (χ3n) is 2.06. The van der Waals surface area contributed by atoms with Gasteiger partial charge in [0.1, 0.15) is 5.60 Å². The number of hydrogen-bond acceptors (Lipinski definition) is 3. The molecule has 3 nitrogen and oxygen atoms in total. The average Bonchev–Trinajstić information content (AvgIpc) is 1.95. The Morgan fingerprint density at radius 3 is 1.80 bits per heavy atom. The highest BCUT2D eigenvalue weighted by Gasteiger charge is 2.21. The second-order valence-electron chi connectivity index (χ2n) is 5.45. The van der Waals surface area contributed by atoms with E-state index in [1.807, 2.05) is 20.8 Å². The predicted molar refractivity (Wildman–Crippen MR) is 62.8 cm³/mol. The summed E-state index contributed by atoms with van der Waals surface area (Å²) >= 11 is 0. The molecule has 0 rings (SSSR count). The highest BCUT2D eigenvalue weighted by atomic mass is 16.6. The molecule has 0 atom stereocenters. The third-order valence-corrected chi connectivity index (χ3v) is 2.06. The average molecular weight is 215 g/mol. The first-order valence-electron chi connectivity index (χ1n) is 5.61. The van der Waals surface area contributed by atoms with E-state index in [1.165, 1.54) is 0 Å². The van der Waals surface area contributed by atoms with Gasteiger partial charge in [0.2, 0.25) is 0 Å². The molecule has 0 aromatic carbocycles. The molecular weight excluding hydrogens is 190 g/mol. The van der Waals surface area contributed by atoms with Gasteiger partial charge in [-0.2, -0.15) is 0 Å². The zero-order valence-corrected chi connectivity index (χ0v) is 11.1. The van der Waals surface area contributed by atoms with Gasteiger partial charge in [0.15, 0.2) is 0 Å². The molecule has 0 radical (unpaired) electrons. The first kappa shape index (κ1) is 14.4. The van der Waals surface area contributed by atoms with E-state index >= 15 is 0 Å². The number of ether oxygens (including phenoxy) is 1. The quantitative estimate of drug-likeness (QED) is 0.675. The van der Waals surface area contributed by atoms with Crippen LogP contribution in [0.25, 0.3) is 0 Å². The summed E-state index contributed by atoms with van der Waals surface area (Å²) in [6, 6.07) is 0.718. The van der Waals surface area contributed by atoms with Crippen LogP contribution in [0.1, 0.15) is 48.5 Å². The van der Waals surface area contributed by atoms with Crippen LogP contribution in [0.5, 0.6) is 0 Å². The number of carbonyl (C=O) groups excluding carboxylic acids is 1. The van der Waals surface area contributed by atoms with Crippen LogP contribution in [0, 0.1) is 0 Å². The minimum absolute atomic E-state index is 0.148. The van der Waals surface area contributed by atoms with Crippen molar-refractivity contribution in [2.24, 2.45) is 0 Å². The van der Waals surface area contributed by atoms with Crippen LogP contribution in [0.3, 0.4) is 0 Å². The zero-order chi connectivity index (χ0) is 12.2. The topological polar surface area (TPSA) is 29.5 Å². The summed E-state index contributed by atoms with van der Waals surface area (Å²) in [6.45, 7) is 14.4. The fraction of sp³-hybridized carbons (Fsp3) is 0.917. The first-order valence-corrected chi connectivity index (χ1v) is 5.61. The van der Waals surface area contributed by atoms with E-state index in [-0.39, 0.29) is 5.97 Å². The van der Waals surface area contributed by atoms with Crippen LogP contribution in [0.4, 0.5) is 0 Å². The van der Waals surface area contributed by atoms with E-state index in [4.69, 9.17) is 4.74 Å². The molecule has 0 amide bonds. The smallest absolute Gasteiger partial charge is 0.320 e. The van der Waals surface area contributed by atoms with Crippen LogP contribution in [-0.4, -0.2) is 35.1 Å². The maximum atomic E-state index is 11.6. The highest BCUT2D eigenvalue weighted by molar-refractivity contribution is 5.72. The maximum Gasteiger partial charge on any atom is 0.320 e. The van der Waals surface area contributed by atoms with Gasteiger partial charge in [-0.15, -0.1) is 0 Å². The maximum absolute atomic E-state index is 11.6. The van der Waals surface area contributed by atoms with Crippen LogP contribution >= 0.6 is 0 Å². The van der Waals surface area contributed by atoms with Gasteiger partial charge in [-0.3, -0.25) is 9.69 Å². The fourth-order valence-electron chi connectivity index (χ4n) is 1.48. The SMILES string of the molecule is CC(C)N(CC(=O)OC(C)(C)C)C(C)C. The van der Waals surface area contributed by atoms with Crippen LogP contribution in [0.15, 0.2) is 0 Å². The molecule has 0 aliphatic rings. The fourth-order valence-corrected chi connectivity index (χ4v) is 1.48. The Morgan fingerprint density at radius 2 is 1.53 bits per heavy atom. The summed E-state index contributed by atoms with van der Waals surface area (Å²) in [7, 11) is 0. The standard InChI is InChI=1S/C12H25NO2/c1-9(2)13(10(3)4)8-11(14)15-12(5,6)7/h9-10H,8H2,1-7H3. The molecule has 0 saturated heterocycles. The summed E-state index contributed by atoms with van der Waals surface area (Å²) in [4.78, 5) is 13.7. The van der Waals surface area contributed by atoms with Crippen LogP contribution < -0.4 is 0 Å². The molecule has 0 fully saturated rings. The lowest BCUT2D eigenvalue weighted by molar-refractivity contribution is -0.157. The first-order chi connectivity index (χ1) is 6.63. The molecule has 0 heterocycles. The van der Waals surface area contributed by atoms with Gasteiger partial charge in [0.25, 0.3) is 0 Å². The molecule has 0 aliphatic heterocycles. The normalized spacial score (nSPS) is 12.7. The molecule has 0 unspecified atom stereocenters. The lowest BCUT2D eigenvalue weighted by Gasteiger charge is -2.30. The molecular formula is C12H25NO2. The van der Waals surface area contributed by atoms with Crippen molar-refractivity contribution in [3.05, 3.63) is 0 Å². The minimum Gasteiger partial charge on any atom is -0.459 e. The van der Waals surface area contributed by atoms with Crippen molar-refractivity contribution < 1.29 is 9.53 Å². The summed E-state index contributed by atoms with van der Waals surface area (Å²) in [5.74, 6) is -0.148. The molecule has 15 heavy (non-hydrogen) atoms. The minimum atomic E-state index is -0.392. The molecule has 0 saturated carbocycles. The van der Waals surface area contributed by atoms with Crippen molar-refractivity contribution in [1.29, 1.82) is 0 Å².